The molecule has 10 rings (SSSR count). The Balaban J connectivity index is 0.000000295. The summed E-state index contributed by atoms with van der Waals surface area (Å²) in [6, 6.07) is 59.1. The van der Waals surface area contributed by atoms with E-state index in [0.717, 1.165) is 68.6 Å². The molecule has 0 radical (unpaired) electrons. The van der Waals surface area contributed by atoms with Crippen molar-refractivity contribution in [3.8, 4) is 33.4 Å². The molecule has 7 aromatic carbocycles. The Morgan fingerprint density at radius 3 is 2.07 bits per heavy atom. The van der Waals surface area contributed by atoms with Crippen LogP contribution >= 0.6 is 0 Å². The van der Waals surface area contributed by atoms with Crippen molar-refractivity contribution in [1.29, 1.82) is 0 Å². The van der Waals surface area contributed by atoms with Crippen molar-refractivity contribution in [1.82, 2.24) is 10.6 Å². The second kappa shape index (κ2) is 26.4. The molecule has 0 spiro atoms. The molecule has 0 bridgehead atoms. The number of allylic oxidation sites excluding steroid dienone is 11. The largest absolute Gasteiger partial charge is 0.344 e. The highest BCUT2D eigenvalue weighted by Gasteiger charge is 2.24. The molecule has 0 saturated heterocycles. The van der Waals surface area contributed by atoms with Gasteiger partial charge in [0.15, 0.2) is 0 Å². The minimum Gasteiger partial charge on any atom is -0.344 e. The van der Waals surface area contributed by atoms with E-state index in [9.17, 15) is 0 Å². The Kier molecular flexibility index (Phi) is 18.8. The summed E-state index contributed by atoms with van der Waals surface area (Å²) in [4.78, 5) is 4.00. The van der Waals surface area contributed by atoms with Gasteiger partial charge in [-0.15, -0.1) is 0 Å². The number of nitrogens with one attached hydrogen (secondary N) is 2. The summed E-state index contributed by atoms with van der Waals surface area (Å²) in [5.41, 5.74) is 28.1. The van der Waals surface area contributed by atoms with Gasteiger partial charge in [0.2, 0.25) is 0 Å². The molecule has 3 aliphatic carbocycles. The lowest BCUT2D eigenvalue weighted by atomic mass is 9.78. The first kappa shape index (κ1) is 53.4. The molecule has 2 N–H and O–H groups in total. The topological polar surface area (TPSA) is 36.4 Å². The highest BCUT2D eigenvalue weighted by atomic mass is 15.0. The number of likely N-dealkylation sites (N-methyl/N-ethyl adjacent to an activating group) is 1. The van der Waals surface area contributed by atoms with Gasteiger partial charge >= 0.3 is 0 Å². The molecule has 0 aromatic heterocycles. The third kappa shape index (κ3) is 13.7. The molecule has 378 valence electrons. The zero-order chi connectivity index (χ0) is 52.5. The molecule has 0 unspecified atom stereocenters. The van der Waals surface area contributed by atoms with E-state index in [1.165, 1.54) is 106 Å². The maximum atomic E-state index is 4.00. The summed E-state index contributed by atoms with van der Waals surface area (Å²) in [5, 5.41) is 6.38. The van der Waals surface area contributed by atoms with Gasteiger partial charge in [-0.1, -0.05) is 213 Å². The van der Waals surface area contributed by atoms with E-state index < -0.39 is 0 Å². The first-order valence-corrected chi connectivity index (χ1v) is 26.9. The highest BCUT2D eigenvalue weighted by molar-refractivity contribution is 5.90. The van der Waals surface area contributed by atoms with Crippen molar-refractivity contribution in [2.75, 3.05) is 20.6 Å². The van der Waals surface area contributed by atoms with Crippen molar-refractivity contribution in [2.45, 2.75) is 79.6 Å². The zero-order valence-corrected chi connectivity index (χ0v) is 45.4. The van der Waals surface area contributed by atoms with E-state index >= 15 is 0 Å². The molecule has 0 fully saturated rings. The van der Waals surface area contributed by atoms with E-state index in [-0.39, 0.29) is 0 Å². The lowest BCUT2D eigenvalue weighted by Gasteiger charge is -2.26. The summed E-state index contributed by atoms with van der Waals surface area (Å²) >= 11 is 0. The fourth-order valence-electron chi connectivity index (χ4n) is 10.5. The Morgan fingerprint density at radius 2 is 1.36 bits per heavy atom. The Labute approximate surface area is 449 Å². The number of benzene rings is 7. The molecule has 0 saturated carbocycles. The van der Waals surface area contributed by atoms with Gasteiger partial charge in [0.25, 0.3) is 0 Å². The van der Waals surface area contributed by atoms with Crippen molar-refractivity contribution in [2.24, 2.45) is 4.99 Å². The first-order chi connectivity index (χ1) is 36.6. The third-order valence-electron chi connectivity index (χ3n) is 14.8. The molecule has 0 atom stereocenters. The predicted molar refractivity (Wildman–Crippen MR) is 326 cm³/mol. The molecule has 0 amide bonds. The SMILES string of the molecule is C=C(NC(C)=NC)c1ccccc1.CCc1ccccc1.CNC/C=C\C=C(/CC1=C(c2ccc(C)c(-c3cc(-c4ccccc4)ccc3C)c2C)C=C(C2=CC=CCC2)CC1)c1ccc2c(c1)-c1ccccc1C2. The van der Waals surface area contributed by atoms with E-state index in [0.29, 0.717) is 0 Å². The Hall–Kier alpha value is -7.85. The number of aryl methyl sites for hydroxylation is 3. The number of rotatable bonds is 13. The van der Waals surface area contributed by atoms with Crippen LogP contribution in [0.1, 0.15) is 96.0 Å². The van der Waals surface area contributed by atoms with Crippen LogP contribution in [-0.2, 0) is 12.8 Å². The minimum absolute atomic E-state index is 0.848. The predicted octanol–water partition coefficient (Wildman–Crippen LogP) is 18.1. The van der Waals surface area contributed by atoms with Gasteiger partial charge in [0.1, 0.15) is 0 Å². The standard InChI is InChI=1S/C53H51N.C11H14N2.C8H10/c1-36-22-24-42(39-15-7-5-8-16-39)33-50(36)53-37(2)23-29-48(38(53)3)51-34-43(40-17-9-6-10-18-40)25-27-46(51)31-41(19-13-14-30-54-4)44-26-28-47-32-45-20-11-12-21-49(45)52(47)35-44;1-9(13-10(2)12-3)11-7-5-4-6-8-11;1-2-8-6-4-3-5-7-8/h5-9,11-17,19-24,26,28-29,33-35,54H,10,18,25,27,30-32H2,1-4H3;4-8H,1H2,2-3H3,(H,12,13);3-7H,2H2,1H3/b14-13-,41-19+;;. The van der Waals surface area contributed by atoms with E-state index in [1.54, 1.807) is 7.05 Å². The maximum absolute atomic E-state index is 4.00. The summed E-state index contributed by atoms with van der Waals surface area (Å²) in [5.74, 6) is 0.869. The average molecular weight is 982 g/mol. The second-order valence-corrected chi connectivity index (χ2v) is 19.8. The van der Waals surface area contributed by atoms with Gasteiger partial charge in [0, 0.05) is 19.3 Å². The van der Waals surface area contributed by atoms with Crippen LogP contribution < -0.4 is 10.6 Å². The fraction of sp³-hybridized carbons (Fsp3) is 0.208. The number of hydrogen-bond acceptors (Lipinski definition) is 2. The van der Waals surface area contributed by atoms with E-state index in [1.807, 2.05) is 50.4 Å². The molecule has 0 heterocycles. The number of hydrogen-bond donors (Lipinski definition) is 2. The molecular formula is C72H75N3. The number of aliphatic imine (C=N–C) groups is 1. The van der Waals surface area contributed by atoms with Crippen LogP contribution in [0.3, 0.4) is 0 Å². The summed E-state index contributed by atoms with van der Waals surface area (Å²) in [6.07, 6.45) is 23.7. The lowest BCUT2D eigenvalue weighted by Crippen LogP contribution is -2.17. The quantitative estimate of drug-likeness (QED) is 0.0686. The van der Waals surface area contributed by atoms with Crippen LogP contribution in [0.2, 0.25) is 0 Å². The van der Waals surface area contributed by atoms with Gasteiger partial charge in [-0.05, 0) is 198 Å². The van der Waals surface area contributed by atoms with Crippen LogP contribution in [0, 0.1) is 20.8 Å². The number of nitrogens with zero attached hydrogens (tertiary/aromatic N) is 1. The Morgan fingerprint density at radius 1 is 0.653 bits per heavy atom. The molecule has 3 aliphatic rings. The summed E-state index contributed by atoms with van der Waals surface area (Å²) in [6.45, 7) is 15.7. The molecule has 7 aromatic rings. The van der Waals surface area contributed by atoms with Gasteiger partial charge < -0.3 is 10.6 Å². The van der Waals surface area contributed by atoms with Crippen LogP contribution in [0.4, 0.5) is 0 Å². The summed E-state index contributed by atoms with van der Waals surface area (Å²) in [7, 11) is 3.76. The monoisotopic (exact) mass is 982 g/mol. The molecule has 3 heteroatoms. The molecule has 75 heavy (non-hydrogen) atoms. The normalized spacial score (nSPS) is 14.0. The van der Waals surface area contributed by atoms with Crippen molar-refractivity contribution in [3.05, 3.63) is 280 Å². The number of amidine groups is 1. The third-order valence-corrected chi connectivity index (χ3v) is 14.8. The highest BCUT2D eigenvalue weighted by Crippen LogP contribution is 2.45. The average Bonchev–Trinajstić information content (AvgIpc) is 3.84. The molecular weight excluding hydrogens is 907 g/mol. The van der Waals surface area contributed by atoms with Crippen molar-refractivity contribution >= 4 is 22.7 Å². The van der Waals surface area contributed by atoms with Crippen molar-refractivity contribution in [3.63, 3.8) is 0 Å². The van der Waals surface area contributed by atoms with Crippen LogP contribution in [0.25, 0.3) is 50.2 Å². The van der Waals surface area contributed by atoms with E-state index in [4.69, 9.17) is 0 Å². The zero-order valence-electron chi connectivity index (χ0n) is 45.4. The van der Waals surface area contributed by atoms with Crippen LogP contribution in [-0.4, -0.2) is 26.5 Å². The second-order valence-electron chi connectivity index (χ2n) is 19.8. The van der Waals surface area contributed by atoms with Gasteiger partial charge in [-0.3, -0.25) is 4.99 Å². The van der Waals surface area contributed by atoms with E-state index in [2.05, 4.69) is 220 Å². The van der Waals surface area contributed by atoms with Crippen LogP contribution in [0.15, 0.2) is 235 Å². The minimum atomic E-state index is 0.848. The van der Waals surface area contributed by atoms with Crippen molar-refractivity contribution < 1.29 is 0 Å². The molecule has 3 nitrogen and oxygen atoms in total. The van der Waals surface area contributed by atoms with Gasteiger partial charge in [-0.2, -0.15) is 0 Å². The van der Waals surface area contributed by atoms with Gasteiger partial charge in [0.05, 0.1) is 5.84 Å². The van der Waals surface area contributed by atoms with Crippen LogP contribution in [0.5, 0.6) is 0 Å². The fourth-order valence-corrected chi connectivity index (χ4v) is 10.5. The summed E-state index contributed by atoms with van der Waals surface area (Å²) < 4.78 is 0. The lowest BCUT2D eigenvalue weighted by molar-refractivity contribution is 0.860. The Bertz CT molecular complexity index is 3320. The maximum Gasteiger partial charge on any atom is 0.0972 e. The van der Waals surface area contributed by atoms with Gasteiger partial charge in [-0.25, -0.2) is 0 Å². The smallest absolute Gasteiger partial charge is 0.0972 e. The first-order valence-electron chi connectivity index (χ1n) is 26.9. The number of fused-ring (bicyclic) bond motifs is 3. The molecule has 0 aliphatic heterocycles.